The Balaban J connectivity index is 1.98. The molecule has 0 saturated carbocycles. The number of benzene rings is 1. The summed E-state index contributed by atoms with van der Waals surface area (Å²) in [6.07, 6.45) is 2.37. The van der Waals surface area contributed by atoms with Crippen LogP contribution in [-0.2, 0) is 11.3 Å². The maximum absolute atomic E-state index is 13.3. The molecule has 0 aliphatic carbocycles. The Morgan fingerprint density at radius 1 is 1.39 bits per heavy atom. The monoisotopic (exact) mass is 248 g/mol. The van der Waals surface area contributed by atoms with E-state index in [1.807, 2.05) is 6.07 Å². The third-order valence-electron chi connectivity index (χ3n) is 3.36. The number of hydrogen-bond acceptors (Lipinski definition) is 3. The largest absolute Gasteiger partial charge is 0.381 e. The van der Waals surface area contributed by atoms with Crippen LogP contribution in [0.5, 0.6) is 0 Å². The SMILES string of the molecule is COC1CCN(Cc2cc(F)cc(C#N)c2)CC1. The van der Waals surface area contributed by atoms with E-state index in [-0.39, 0.29) is 5.82 Å². The molecule has 0 bridgehead atoms. The molecule has 3 nitrogen and oxygen atoms in total. The Kier molecular flexibility index (Phi) is 4.29. The van der Waals surface area contributed by atoms with E-state index in [0.29, 0.717) is 18.2 Å². The zero-order valence-corrected chi connectivity index (χ0v) is 10.5. The van der Waals surface area contributed by atoms with Crippen LogP contribution < -0.4 is 0 Å². The number of ether oxygens (including phenoxy) is 1. The van der Waals surface area contributed by atoms with Gasteiger partial charge in [0.2, 0.25) is 0 Å². The van der Waals surface area contributed by atoms with E-state index in [1.54, 1.807) is 13.2 Å². The fourth-order valence-electron chi connectivity index (χ4n) is 2.37. The molecule has 1 heterocycles. The Morgan fingerprint density at radius 3 is 2.72 bits per heavy atom. The standard InChI is InChI=1S/C14H17FN2O/c1-18-14-2-4-17(5-3-14)10-12-6-11(9-16)7-13(15)8-12/h6-8,14H,2-5,10H2,1H3. The molecule has 1 fully saturated rings. The Hall–Kier alpha value is -1.44. The molecule has 0 atom stereocenters. The summed E-state index contributed by atoms with van der Waals surface area (Å²) in [7, 11) is 1.74. The second kappa shape index (κ2) is 5.94. The molecule has 18 heavy (non-hydrogen) atoms. The molecule has 1 aromatic rings. The summed E-state index contributed by atoms with van der Waals surface area (Å²) in [6, 6.07) is 6.51. The fraction of sp³-hybridized carbons (Fsp3) is 0.500. The van der Waals surface area contributed by atoms with E-state index in [4.69, 9.17) is 10.00 Å². The van der Waals surface area contributed by atoms with Crippen molar-refractivity contribution >= 4 is 0 Å². The van der Waals surface area contributed by atoms with Crippen molar-refractivity contribution in [2.24, 2.45) is 0 Å². The van der Waals surface area contributed by atoms with Crippen molar-refractivity contribution in [3.8, 4) is 6.07 Å². The average Bonchev–Trinajstić information content (AvgIpc) is 2.39. The van der Waals surface area contributed by atoms with Crippen molar-refractivity contribution in [3.05, 3.63) is 35.1 Å². The van der Waals surface area contributed by atoms with Gasteiger partial charge >= 0.3 is 0 Å². The van der Waals surface area contributed by atoms with Crippen molar-refractivity contribution < 1.29 is 9.13 Å². The highest BCUT2D eigenvalue weighted by Gasteiger charge is 2.18. The number of likely N-dealkylation sites (tertiary alicyclic amines) is 1. The van der Waals surface area contributed by atoms with Gasteiger partial charge in [-0.2, -0.15) is 5.26 Å². The molecule has 1 aliphatic rings. The normalized spacial score (nSPS) is 17.6. The lowest BCUT2D eigenvalue weighted by atomic mass is 10.1. The van der Waals surface area contributed by atoms with E-state index < -0.39 is 0 Å². The fourth-order valence-corrected chi connectivity index (χ4v) is 2.37. The van der Waals surface area contributed by atoms with E-state index >= 15 is 0 Å². The van der Waals surface area contributed by atoms with E-state index in [9.17, 15) is 4.39 Å². The van der Waals surface area contributed by atoms with Crippen LogP contribution >= 0.6 is 0 Å². The number of rotatable bonds is 3. The Bertz CT molecular complexity index is 448. The van der Waals surface area contributed by atoms with Crippen LogP contribution in [0.3, 0.4) is 0 Å². The molecule has 0 radical (unpaired) electrons. The van der Waals surface area contributed by atoms with Crippen molar-refractivity contribution in [2.75, 3.05) is 20.2 Å². The summed E-state index contributed by atoms with van der Waals surface area (Å²) >= 11 is 0. The van der Waals surface area contributed by atoms with Gasteiger partial charge in [0.05, 0.1) is 17.7 Å². The van der Waals surface area contributed by atoms with Crippen molar-refractivity contribution in [2.45, 2.75) is 25.5 Å². The summed E-state index contributed by atoms with van der Waals surface area (Å²) in [6.45, 7) is 2.61. The molecule has 1 aromatic carbocycles. The van der Waals surface area contributed by atoms with Gasteiger partial charge in [0.1, 0.15) is 5.82 Å². The Morgan fingerprint density at radius 2 is 2.11 bits per heavy atom. The number of hydrogen-bond donors (Lipinski definition) is 0. The van der Waals surface area contributed by atoms with E-state index in [1.165, 1.54) is 12.1 Å². The van der Waals surface area contributed by atoms with Gasteiger partial charge in [0, 0.05) is 26.7 Å². The van der Waals surface area contributed by atoms with Gasteiger partial charge in [-0.1, -0.05) is 0 Å². The highest BCUT2D eigenvalue weighted by molar-refractivity contribution is 5.33. The number of piperidine rings is 1. The van der Waals surface area contributed by atoms with Gasteiger partial charge in [-0.25, -0.2) is 4.39 Å². The molecular weight excluding hydrogens is 231 g/mol. The van der Waals surface area contributed by atoms with Gasteiger partial charge in [-0.3, -0.25) is 4.90 Å². The van der Waals surface area contributed by atoms with Gasteiger partial charge in [-0.05, 0) is 36.6 Å². The second-order valence-electron chi connectivity index (χ2n) is 4.67. The van der Waals surface area contributed by atoms with Gasteiger partial charge in [0.15, 0.2) is 0 Å². The summed E-state index contributed by atoms with van der Waals surface area (Å²) in [4.78, 5) is 2.27. The highest BCUT2D eigenvalue weighted by atomic mass is 19.1. The molecule has 0 spiro atoms. The summed E-state index contributed by atoms with van der Waals surface area (Å²) in [5.41, 5.74) is 1.25. The van der Waals surface area contributed by atoms with E-state index in [0.717, 1.165) is 31.5 Å². The lowest BCUT2D eigenvalue weighted by Crippen LogP contribution is -2.36. The van der Waals surface area contributed by atoms with Crippen LogP contribution in [0.2, 0.25) is 0 Å². The summed E-state index contributed by atoms with van der Waals surface area (Å²) in [5.74, 6) is -0.337. The Labute approximate surface area is 107 Å². The maximum Gasteiger partial charge on any atom is 0.124 e. The number of halogens is 1. The maximum atomic E-state index is 13.3. The minimum atomic E-state index is -0.337. The summed E-state index contributed by atoms with van der Waals surface area (Å²) in [5, 5.41) is 8.81. The first-order chi connectivity index (χ1) is 8.71. The van der Waals surface area contributed by atoms with Gasteiger partial charge in [-0.15, -0.1) is 0 Å². The van der Waals surface area contributed by atoms with Crippen LogP contribution in [0.15, 0.2) is 18.2 Å². The number of methoxy groups -OCH3 is 1. The van der Waals surface area contributed by atoms with Crippen LogP contribution in [0, 0.1) is 17.1 Å². The zero-order chi connectivity index (χ0) is 13.0. The molecule has 2 rings (SSSR count). The first kappa shape index (κ1) is 13.0. The smallest absolute Gasteiger partial charge is 0.124 e. The lowest BCUT2D eigenvalue weighted by molar-refractivity contribution is 0.0388. The first-order valence-corrected chi connectivity index (χ1v) is 6.16. The molecule has 1 aliphatic heterocycles. The van der Waals surface area contributed by atoms with Crippen LogP contribution in [0.1, 0.15) is 24.0 Å². The zero-order valence-electron chi connectivity index (χ0n) is 10.5. The molecule has 4 heteroatoms. The quantitative estimate of drug-likeness (QED) is 0.823. The van der Waals surface area contributed by atoms with Gasteiger partial charge < -0.3 is 4.74 Å². The van der Waals surface area contributed by atoms with Gasteiger partial charge in [0.25, 0.3) is 0 Å². The van der Waals surface area contributed by atoms with Crippen molar-refractivity contribution in [1.29, 1.82) is 5.26 Å². The molecule has 0 N–H and O–H groups in total. The second-order valence-corrected chi connectivity index (χ2v) is 4.67. The first-order valence-electron chi connectivity index (χ1n) is 6.16. The van der Waals surface area contributed by atoms with Crippen molar-refractivity contribution in [3.63, 3.8) is 0 Å². The lowest BCUT2D eigenvalue weighted by Gasteiger charge is -2.31. The van der Waals surface area contributed by atoms with Crippen LogP contribution in [0.4, 0.5) is 4.39 Å². The molecule has 1 saturated heterocycles. The molecular formula is C14H17FN2O. The van der Waals surface area contributed by atoms with Crippen LogP contribution in [0.25, 0.3) is 0 Å². The topological polar surface area (TPSA) is 36.3 Å². The molecule has 0 unspecified atom stereocenters. The minimum absolute atomic E-state index is 0.337. The minimum Gasteiger partial charge on any atom is -0.381 e. The third kappa shape index (κ3) is 3.28. The molecule has 96 valence electrons. The predicted octanol–water partition coefficient (Wildman–Crippen LogP) is 2.31. The number of nitriles is 1. The van der Waals surface area contributed by atoms with Crippen LogP contribution in [-0.4, -0.2) is 31.2 Å². The summed E-state index contributed by atoms with van der Waals surface area (Å²) < 4.78 is 18.6. The third-order valence-corrected chi connectivity index (χ3v) is 3.36. The van der Waals surface area contributed by atoms with Crippen molar-refractivity contribution in [1.82, 2.24) is 4.90 Å². The highest BCUT2D eigenvalue weighted by Crippen LogP contribution is 2.17. The van der Waals surface area contributed by atoms with E-state index in [2.05, 4.69) is 4.90 Å². The predicted molar refractivity (Wildman–Crippen MR) is 66.4 cm³/mol. The average molecular weight is 248 g/mol. The number of nitrogens with zero attached hydrogens (tertiary/aromatic N) is 2. The molecule has 0 amide bonds. The molecule has 0 aromatic heterocycles.